The Morgan fingerprint density at radius 3 is 2.47 bits per heavy atom. The zero-order valence-corrected chi connectivity index (χ0v) is 11.3. The van der Waals surface area contributed by atoms with Crippen LogP contribution < -0.4 is 11.1 Å². The predicted molar refractivity (Wildman–Crippen MR) is 73.1 cm³/mol. The summed E-state index contributed by atoms with van der Waals surface area (Å²) in [7, 11) is 0. The first-order valence-corrected chi connectivity index (χ1v) is 7.45. The maximum absolute atomic E-state index is 5.93. The van der Waals surface area contributed by atoms with Gasteiger partial charge in [-0.3, -0.25) is 0 Å². The molecule has 3 heteroatoms. The molecular formula is C14H29N3. The van der Waals surface area contributed by atoms with Gasteiger partial charge in [0.2, 0.25) is 0 Å². The van der Waals surface area contributed by atoms with Gasteiger partial charge in [-0.1, -0.05) is 6.92 Å². The normalized spacial score (nSPS) is 32.8. The fourth-order valence-corrected chi connectivity index (χ4v) is 3.16. The maximum Gasteiger partial charge on any atom is 0.00683 e. The summed E-state index contributed by atoms with van der Waals surface area (Å²) in [5.74, 6) is 0.781. The van der Waals surface area contributed by atoms with Gasteiger partial charge in [-0.2, -0.15) is 0 Å². The third-order valence-corrected chi connectivity index (χ3v) is 4.30. The first-order valence-electron chi connectivity index (χ1n) is 7.45. The van der Waals surface area contributed by atoms with E-state index in [4.69, 9.17) is 5.73 Å². The minimum atomic E-state index is 0.468. The smallest absolute Gasteiger partial charge is 0.00683 e. The second kappa shape index (κ2) is 6.72. The molecule has 0 amide bonds. The Kier molecular flexibility index (Phi) is 5.26. The number of nitrogens with zero attached hydrogens (tertiary/aromatic N) is 1. The van der Waals surface area contributed by atoms with E-state index in [1.807, 2.05) is 0 Å². The molecule has 2 aliphatic rings. The van der Waals surface area contributed by atoms with Crippen LogP contribution in [0, 0.1) is 5.92 Å². The number of nitrogens with one attached hydrogen (secondary N) is 1. The van der Waals surface area contributed by atoms with Crippen LogP contribution in [-0.2, 0) is 0 Å². The van der Waals surface area contributed by atoms with Gasteiger partial charge < -0.3 is 16.0 Å². The minimum Gasteiger partial charge on any atom is -0.328 e. The van der Waals surface area contributed by atoms with Crippen molar-refractivity contribution in [1.29, 1.82) is 0 Å². The van der Waals surface area contributed by atoms with Gasteiger partial charge in [0.1, 0.15) is 0 Å². The standard InChI is InChI=1S/C14H29N3/c1-12(11-17-8-2-3-9-17)10-16-14-6-4-13(15)5-7-14/h12-14,16H,2-11,15H2,1H3. The molecule has 0 radical (unpaired) electrons. The molecule has 0 aromatic carbocycles. The fraction of sp³-hybridized carbons (Fsp3) is 1.00. The van der Waals surface area contributed by atoms with Gasteiger partial charge >= 0.3 is 0 Å². The third kappa shape index (κ3) is 4.57. The average Bonchev–Trinajstić information content (AvgIpc) is 2.81. The Balaban J connectivity index is 1.57. The quantitative estimate of drug-likeness (QED) is 0.765. The van der Waals surface area contributed by atoms with Gasteiger partial charge in [0.25, 0.3) is 0 Å². The minimum absolute atomic E-state index is 0.468. The molecule has 2 fully saturated rings. The van der Waals surface area contributed by atoms with E-state index in [2.05, 4.69) is 17.1 Å². The Hall–Kier alpha value is -0.120. The summed E-state index contributed by atoms with van der Waals surface area (Å²) >= 11 is 0. The predicted octanol–water partition coefficient (Wildman–Crippen LogP) is 1.58. The highest BCUT2D eigenvalue weighted by molar-refractivity contribution is 4.79. The lowest BCUT2D eigenvalue weighted by atomic mass is 9.91. The third-order valence-electron chi connectivity index (χ3n) is 4.30. The number of hydrogen-bond donors (Lipinski definition) is 2. The molecule has 0 bridgehead atoms. The van der Waals surface area contributed by atoms with Crippen LogP contribution >= 0.6 is 0 Å². The van der Waals surface area contributed by atoms with Crippen molar-refractivity contribution in [3.8, 4) is 0 Å². The van der Waals surface area contributed by atoms with Crippen LogP contribution in [0.3, 0.4) is 0 Å². The van der Waals surface area contributed by atoms with Crippen LogP contribution in [0.25, 0.3) is 0 Å². The van der Waals surface area contributed by atoms with Crippen molar-refractivity contribution in [1.82, 2.24) is 10.2 Å². The van der Waals surface area contributed by atoms with E-state index >= 15 is 0 Å². The SMILES string of the molecule is CC(CNC1CCC(N)CC1)CN1CCCC1. The summed E-state index contributed by atoms with van der Waals surface area (Å²) in [5.41, 5.74) is 5.93. The Morgan fingerprint density at radius 2 is 1.82 bits per heavy atom. The molecule has 100 valence electrons. The highest BCUT2D eigenvalue weighted by Gasteiger charge is 2.19. The summed E-state index contributed by atoms with van der Waals surface area (Å²) in [4.78, 5) is 2.61. The van der Waals surface area contributed by atoms with Crippen LogP contribution in [0.4, 0.5) is 0 Å². The number of hydrogen-bond acceptors (Lipinski definition) is 3. The molecule has 0 spiro atoms. The molecular weight excluding hydrogens is 210 g/mol. The summed E-state index contributed by atoms with van der Waals surface area (Å²) in [6, 6.07) is 1.20. The number of likely N-dealkylation sites (tertiary alicyclic amines) is 1. The van der Waals surface area contributed by atoms with E-state index in [1.54, 1.807) is 0 Å². The van der Waals surface area contributed by atoms with Crippen molar-refractivity contribution >= 4 is 0 Å². The Labute approximate surface area is 106 Å². The van der Waals surface area contributed by atoms with Crippen molar-refractivity contribution < 1.29 is 0 Å². The van der Waals surface area contributed by atoms with Crippen molar-refractivity contribution in [2.24, 2.45) is 11.7 Å². The van der Waals surface area contributed by atoms with Gasteiger partial charge in [0, 0.05) is 18.6 Å². The van der Waals surface area contributed by atoms with Gasteiger partial charge in [0.05, 0.1) is 0 Å². The molecule has 1 aliphatic heterocycles. The first-order chi connectivity index (χ1) is 8.24. The Morgan fingerprint density at radius 1 is 1.18 bits per heavy atom. The maximum atomic E-state index is 5.93. The molecule has 1 aliphatic carbocycles. The van der Waals surface area contributed by atoms with Crippen molar-refractivity contribution in [3.63, 3.8) is 0 Å². The second-order valence-corrected chi connectivity index (χ2v) is 6.13. The number of rotatable bonds is 5. The van der Waals surface area contributed by atoms with Crippen molar-refractivity contribution in [2.45, 2.75) is 57.5 Å². The molecule has 2 rings (SSSR count). The largest absolute Gasteiger partial charge is 0.328 e. The lowest BCUT2D eigenvalue weighted by molar-refractivity contribution is 0.265. The van der Waals surface area contributed by atoms with Crippen LogP contribution in [0.1, 0.15) is 45.4 Å². The van der Waals surface area contributed by atoms with Gasteiger partial charge in [0.15, 0.2) is 0 Å². The topological polar surface area (TPSA) is 41.3 Å². The average molecular weight is 239 g/mol. The summed E-state index contributed by atoms with van der Waals surface area (Å²) in [5, 5.41) is 3.73. The van der Waals surface area contributed by atoms with Gasteiger partial charge in [-0.05, 0) is 64.1 Å². The molecule has 0 aromatic rings. The van der Waals surface area contributed by atoms with Crippen LogP contribution in [0.5, 0.6) is 0 Å². The van der Waals surface area contributed by atoms with E-state index in [-0.39, 0.29) is 0 Å². The molecule has 17 heavy (non-hydrogen) atoms. The van der Waals surface area contributed by atoms with Crippen LogP contribution in [-0.4, -0.2) is 43.2 Å². The highest BCUT2D eigenvalue weighted by atomic mass is 15.1. The van der Waals surface area contributed by atoms with Crippen molar-refractivity contribution in [2.75, 3.05) is 26.2 Å². The molecule has 3 N–H and O–H groups in total. The van der Waals surface area contributed by atoms with Crippen molar-refractivity contribution in [3.05, 3.63) is 0 Å². The second-order valence-electron chi connectivity index (χ2n) is 6.13. The molecule has 0 aromatic heterocycles. The molecule has 3 nitrogen and oxygen atoms in total. The van der Waals surface area contributed by atoms with Crippen LogP contribution in [0.15, 0.2) is 0 Å². The molecule has 1 unspecified atom stereocenters. The molecule has 1 atom stereocenters. The Bertz CT molecular complexity index is 206. The lowest BCUT2D eigenvalue weighted by Crippen LogP contribution is -2.40. The molecule has 1 saturated heterocycles. The molecule has 1 heterocycles. The van der Waals surface area contributed by atoms with E-state index in [1.165, 1.54) is 64.7 Å². The van der Waals surface area contributed by atoms with Crippen LogP contribution in [0.2, 0.25) is 0 Å². The number of nitrogens with two attached hydrogens (primary N) is 1. The summed E-state index contributed by atoms with van der Waals surface area (Å²) in [6.07, 6.45) is 7.77. The zero-order chi connectivity index (χ0) is 12.1. The van der Waals surface area contributed by atoms with E-state index in [0.717, 1.165) is 12.0 Å². The van der Waals surface area contributed by atoms with Gasteiger partial charge in [-0.25, -0.2) is 0 Å². The van der Waals surface area contributed by atoms with E-state index < -0.39 is 0 Å². The highest BCUT2D eigenvalue weighted by Crippen LogP contribution is 2.17. The van der Waals surface area contributed by atoms with Gasteiger partial charge in [-0.15, -0.1) is 0 Å². The molecule has 1 saturated carbocycles. The zero-order valence-electron chi connectivity index (χ0n) is 11.3. The monoisotopic (exact) mass is 239 g/mol. The lowest BCUT2D eigenvalue weighted by Gasteiger charge is -2.29. The summed E-state index contributed by atoms with van der Waals surface area (Å²) in [6.45, 7) is 7.47. The first kappa shape index (κ1) is 13.3. The van der Waals surface area contributed by atoms with E-state index in [0.29, 0.717) is 6.04 Å². The summed E-state index contributed by atoms with van der Waals surface area (Å²) < 4.78 is 0. The van der Waals surface area contributed by atoms with E-state index in [9.17, 15) is 0 Å². The fourth-order valence-electron chi connectivity index (χ4n) is 3.16.